The molecule has 0 aliphatic rings. The molecule has 0 radical (unpaired) electrons. The van der Waals surface area contributed by atoms with Crippen LogP contribution in [0.25, 0.3) is 0 Å². The zero-order valence-corrected chi connectivity index (χ0v) is 12.0. The summed E-state index contributed by atoms with van der Waals surface area (Å²) < 4.78 is 14.3. The molecule has 2 unspecified atom stereocenters. The number of methoxy groups -OCH3 is 2. The lowest BCUT2D eigenvalue weighted by atomic mass is 10.0. The van der Waals surface area contributed by atoms with Crippen molar-refractivity contribution >= 4 is 11.9 Å². The van der Waals surface area contributed by atoms with Gasteiger partial charge in [0.1, 0.15) is 17.4 Å². The van der Waals surface area contributed by atoms with Crippen molar-refractivity contribution in [2.75, 3.05) is 20.8 Å². The molecule has 0 saturated carbocycles. The van der Waals surface area contributed by atoms with Crippen molar-refractivity contribution in [3.05, 3.63) is 29.3 Å². The maximum absolute atomic E-state index is 11.5. The average molecular weight is 298 g/mol. The van der Waals surface area contributed by atoms with E-state index in [0.717, 1.165) is 0 Å². The van der Waals surface area contributed by atoms with Crippen LogP contribution in [0, 0.1) is 0 Å². The van der Waals surface area contributed by atoms with E-state index in [4.69, 9.17) is 4.74 Å². The molecule has 7 nitrogen and oxygen atoms in total. The molecule has 116 valence electrons. The van der Waals surface area contributed by atoms with Gasteiger partial charge < -0.3 is 24.4 Å². The highest BCUT2D eigenvalue weighted by Gasteiger charge is 2.28. The number of hydrogen-bond donors (Lipinski definition) is 2. The lowest BCUT2D eigenvalue weighted by molar-refractivity contribution is -0.159. The normalized spacial score (nSPS) is 13.2. The molecule has 0 saturated heterocycles. The van der Waals surface area contributed by atoms with E-state index < -0.39 is 24.1 Å². The summed E-state index contributed by atoms with van der Waals surface area (Å²) in [6.45, 7) is 1.68. The van der Waals surface area contributed by atoms with E-state index in [1.165, 1.54) is 32.4 Å². The zero-order valence-electron chi connectivity index (χ0n) is 12.0. The number of aliphatic hydroxyl groups is 2. The van der Waals surface area contributed by atoms with Crippen LogP contribution in [0.15, 0.2) is 18.2 Å². The van der Waals surface area contributed by atoms with Gasteiger partial charge >= 0.3 is 11.9 Å². The largest absolute Gasteiger partial charge is 0.496 e. The predicted octanol–water partition coefficient (Wildman–Crippen LogP) is 0.439. The van der Waals surface area contributed by atoms with Gasteiger partial charge in [0.25, 0.3) is 0 Å². The SMILES string of the molecule is CCOC(=O)C(O)C(O)c1ccc(C(=O)OC)c(OC)c1. The molecule has 0 spiro atoms. The first kappa shape index (κ1) is 16.9. The topological polar surface area (TPSA) is 102 Å². The Morgan fingerprint density at radius 1 is 1.24 bits per heavy atom. The highest BCUT2D eigenvalue weighted by Crippen LogP contribution is 2.26. The first-order valence-electron chi connectivity index (χ1n) is 6.25. The Morgan fingerprint density at radius 2 is 1.90 bits per heavy atom. The monoisotopic (exact) mass is 298 g/mol. The summed E-state index contributed by atoms with van der Waals surface area (Å²) >= 11 is 0. The summed E-state index contributed by atoms with van der Waals surface area (Å²) in [7, 11) is 2.58. The van der Waals surface area contributed by atoms with Crippen LogP contribution in [0.5, 0.6) is 5.75 Å². The highest BCUT2D eigenvalue weighted by molar-refractivity contribution is 5.92. The second kappa shape index (κ2) is 7.61. The second-order valence-corrected chi connectivity index (χ2v) is 4.09. The summed E-state index contributed by atoms with van der Waals surface area (Å²) in [6.07, 6.45) is -3.22. The van der Waals surface area contributed by atoms with Crippen molar-refractivity contribution in [2.45, 2.75) is 19.1 Å². The molecular weight excluding hydrogens is 280 g/mol. The maximum atomic E-state index is 11.5. The maximum Gasteiger partial charge on any atom is 0.341 e. The minimum absolute atomic E-state index is 0.0905. The summed E-state index contributed by atoms with van der Waals surface area (Å²) in [5, 5.41) is 19.7. The number of rotatable bonds is 6. The van der Waals surface area contributed by atoms with Crippen LogP contribution >= 0.6 is 0 Å². The number of aliphatic hydroxyl groups excluding tert-OH is 2. The summed E-state index contributed by atoms with van der Waals surface area (Å²) in [5.41, 5.74) is 0.377. The summed E-state index contributed by atoms with van der Waals surface area (Å²) in [5.74, 6) is -1.37. The van der Waals surface area contributed by atoms with Crippen molar-refractivity contribution in [3.8, 4) is 5.75 Å². The van der Waals surface area contributed by atoms with Gasteiger partial charge in [-0.3, -0.25) is 0 Å². The number of hydrogen-bond acceptors (Lipinski definition) is 7. The summed E-state index contributed by atoms with van der Waals surface area (Å²) in [6, 6.07) is 4.11. The van der Waals surface area contributed by atoms with Crippen LogP contribution in [-0.4, -0.2) is 49.1 Å². The van der Waals surface area contributed by atoms with E-state index in [0.29, 0.717) is 0 Å². The van der Waals surface area contributed by atoms with E-state index in [9.17, 15) is 19.8 Å². The summed E-state index contributed by atoms with van der Waals surface area (Å²) in [4.78, 5) is 22.9. The Morgan fingerprint density at radius 3 is 2.43 bits per heavy atom. The van der Waals surface area contributed by atoms with Crippen molar-refractivity contribution in [1.29, 1.82) is 0 Å². The third-order valence-electron chi connectivity index (χ3n) is 2.80. The van der Waals surface area contributed by atoms with Gasteiger partial charge in [0.2, 0.25) is 0 Å². The molecule has 0 aromatic heterocycles. The molecule has 1 aromatic rings. The van der Waals surface area contributed by atoms with E-state index in [1.54, 1.807) is 6.92 Å². The molecule has 1 aromatic carbocycles. The smallest absolute Gasteiger partial charge is 0.341 e. The lowest BCUT2D eigenvalue weighted by Gasteiger charge is -2.18. The van der Waals surface area contributed by atoms with Gasteiger partial charge in [-0.25, -0.2) is 9.59 Å². The van der Waals surface area contributed by atoms with Crippen molar-refractivity contribution < 1.29 is 34.0 Å². The molecule has 2 atom stereocenters. The third-order valence-corrected chi connectivity index (χ3v) is 2.80. The highest BCUT2D eigenvalue weighted by atomic mass is 16.5. The van der Waals surface area contributed by atoms with Gasteiger partial charge in [0.15, 0.2) is 6.10 Å². The van der Waals surface area contributed by atoms with Crippen LogP contribution in [0.1, 0.15) is 28.9 Å². The van der Waals surface area contributed by atoms with Gasteiger partial charge in [-0.2, -0.15) is 0 Å². The molecule has 0 bridgehead atoms. The van der Waals surface area contributed by atoms with Crippen LogP contribution in [0.4, 0.5) is 0 Å². The molecule has 21 heavy (non-hydrogen) atoms. The molecule has 0 amide bonds. The first-order chi connectivity index (χ1) is 9.96. The lowest BCUT2D eigenvalue weighted by Crippen LogP contribution is -2.30. The number of ether oxygens (including phenoxy) is 3. The van der Waals surface area contributed by atoms with Crippen molar-refractivity contribution in [1.82, 2.24) is 0 Å². The molecule has 2 N–H and O–H groups in total. The third kappa shape index (κ3) is 3.93. The predicted molar refractivity (Wildman–Crippen MR) is 71.9 cm³/mol. The fourth-order valence-corrected chi connectivity index (χ4v) is 1.71. The Balaban J connectivity index is 3.03. The van der Waals surface area contributed by atoms with Gasteiger partial charge in [0, 0.05) is 0 Å². The van der Waals surface area contributed by atoms with E-state index in [-0.39, 0.29) is 23.5 Å². The van der Waals surface area contributed by atoms with Crippen LogP contribution < -0.4 is 4.74 Å². The standard InChI is InChI=1S/C14H18O7/c1-4-21-14(18)12(16)11(15)8-5-6-9(13(17)20-3)10(7-8)19-2/h5-7,11-12,15-16H,4H2,1-3H3. The van der Waals surface area contributed by atoms with Crippen molar-refractivity contribution in [3.63, 3.8) is 0 Å². The molecule has 0 fully saturated rings. The van der Waals surface area contributed by atoms with E-state index >= 15 is 0 Å². The molecule has 1 rings (SSSR count). The van der Waals surface area contributed by atoms with Crippen molar-refractivity contribution in [2.24, 2.45) is 0 Å². The minimum Gasteiger partial charge on any atom is -0.496 e. The fourth-order valence-electron chi connectivity index (χ4n) is 1.71. The van der Waals surface area contributed by atoms with Gasteiger partial charge in [-0.05, 0) is 24.6 Å². The quantitative estimate of drug-likeness (QED) is 0.734. The molecule has 0 heterocycles. The number of benzene rings is 1. The molecular formula is C14H18O7. The second-order valence-electron chi connectivity index (χ2n) is 4.09. The Kier molecular flexibility index (Phi) is 6.13. The van der Waals surface area contributed by atoms with E-state index in [2.05, 4.69) is 9.47 Å². The molecule has 0 aliphatic carbocycles. The minimum atomic E-state index is -1.72. The number of carbonyl (C=O) groups excluding carboxylic acids is 2. The van der Waals surface area contributed by atoms with Gasteiger partial charge in [0.05, 0.1) is 20.8 Å². The first-order valence-corrected chi connectivity index (χ1v) is 6.25. The Labute approximate surface area is 122 Å². The van der Waals surface area contributed by atoms with E-state index in [1.807, 2.05) is 0 Å². The Hall–Kier alpha value is -2.12. The van der Waals surface area contributed by atoms with Crippen LogP contribution in [0.2, 0.25) is 0 Å². The van der Waals surface area contributed by atoms with Gasteiger partial charge in [-0.1, -0.05) is 6.07 Å². The molecule has 7 heteroatoms. The number of esters is 2. The van der Waals surface area contributed by atoms with Crippen LogP contribution in [-0.2, 0) is 14.3 Å². The zero-order chi connectivity index (χ0) is 16.0. The Bertz CT molecular complexity index is 512. The fraction of sp³-hybridized carbons (Fsp3) is 0.429. The number of carbonyl (C=O) groups is 2. The van der Waals surface area contributed by atoms with Crippen LogP contribution in [0.3, 0.4) is 0 Å². The average Bonchev–Trinajstić information content (AvgIpc) is 2.52. The van der Waals surface area contributed by atoms with Gasteiger partial charge in [-0.15, -0.1) is 0 Å². The molecule has 0 aliphatic heterocycles.